The Morgan fingerprint density at radius 3 is 2.43 bits per heavy atom. The van der Waals surface area contributed by atoms with Gasteiger partial charge in [0.1, 0.15) is 11.4 Å². The Labute approximate surface area is 126 Å². The fraction of sp³-hybridized carbons (Fsp3) is 0.765. The van der Waals surface area contributed by atoms with Crippen LogP contribution in [0.25, 0.3) is 0 Å². The molecular weight excluding hydrogens is 264 g/mol. The zero-order valence-corrected chi connectivity index (χ0v) is 13.0. The molecule has 0 bridgehead atoms. The minimum atomic E-state index is -0.385. The molecule has 0 unspecified atom stereocenters. The first-order chi connectivity index (χ1) is 10.2. The number of rotatable bonds is 3. The van der Waals surface area contributed by atoms with E-state index in [1.807, 2.05) is 0 Å². The summed E-state index contributed by atoms with van der Waals surface area (Å²) in [5.74, 6) is 1.23. The molecular formula is C17H26N2O2. The second-order valence-corrected chi connectivity index (χ2v) is 6.61. The van der Waals surface area contributed by atoms with Gasteiger partial charge in [-0.15, -0.1) is 0 Å². The molecule has 0 atom stereocenters. The maximum atomic E-state index is 12.1. The number of nitrogens with zero attached hydrogens (tertiary/aromatic N) is 1. The van der Waals surface area contributed by atoms with Gasteiger partial charge in [0, 0.05) is 19.1 Å². The molecule has 0 saturated heterocycles. The van der Waals surface area contributed by atoms with Gasteiger partial charge in [-0.3, -0.25) is 4.79 Å². The molecule has 2 aliphatic rings. The van der Waals surface area contributed by atoms with Crippen molar-refractivity contribution >= 4 is 0 Å². The molecule has 2 saturated carbocycles. The molecule has 0 aliphatic heterocycles. The van der Waals surface area contributed by atoms with E-state index in [2.05, 4.69) is 4.98 Å². The van der Waals surface area contributed by atoms with Crippen LogP contribution in [-0.2, 0) is 10.3 Å². The normalized spacial score (nSPS) is 23.1. The number of aromatic amines is 1. The van der Waals surface area contributed by atoms with Crippen LogP contribution in [0.3, 0.4) is 0 Å². The Morgan fingerprint density at radius 1 is 1.14 bits per heavy atom. The molecule has 0 radical (unpaired) electrons. The van der Waals surface area contributed by atoms with Gasteiger partial charge in [0.15, 0.2) is 0 Å². The minimum absolute atomic E-state index is 0.0254. The number of hydrogen-bond acceptors (Lipinski definition) is 3. The second-order valence-electron chi connectivity index (χ2n) is 6.61. The molecule has 4 heteroatoms. The lowest BCUT2D eigenvalue weighted by atomic mass is 9.92. The lowest BCUT2D eigenvalue weighted by Crippen LogP contribution is -2.33. The van der Waals surface area contributed by atoms with Gasteiger partial charge in [-0.1, -0.05) is 38.5 Å². The molecule has 1 N–H and O–H groups in total. The van der Waals surface area contributed by atoms with Crippen LogP contribution >= 0.6 is 0 Å². The van der Waals surface area contributed by atoms with Crippen molar-refractivity contribution in [1.29, 1.82) is 0 Å². The number of aromatic nitrogens is 2. The third-order valence-electron chi connectivity index (χ3n) is 5.27. The molecule has 0 spiro atoms. The topological polar surface area (TPSA) is 55.0 Å². The van der Waals surface area contributed by atoms with E-state index in [9.17, 15) is 4.79 Å². The Morgan fingerprint density at radius 2 is 1.81 bits per heavy atom. The Balaban J connectivity index is 1.97. The highest BCUT2D eigenvalue weighted by atomic mass is 16.5. The number of ether oxygens (including phenoxy) is 1. The van der Waals surface area contributed by atoms with Gasteiger partial charge in [0.05, 0.1) is 5.69 Å². The molecule has 2 fully saturated rings. The van der Waals surface area contributed by atoms with E-state index in [-0.39, 0.29) is 11.2 Å². The highest BCUT2D eigenvalue weighted by molar-refractivity contribution is 5.14. The lowest BCUT2D eigenvalue weighted by Gasteiger charge is -2.30. The number of methoxy groups -OCH3 is 1. The fourth-order valence-electron chi connectivity index (χ4n) is 3.96. The second kappa shape index (κ2) is 6.30. The quantitative estimate of drug-likeness (QED) is 0.865. The van der Waals surface area contributed by atoms with Crippen LogP contribution in [0.1, 0.15) is 81.6 Å². The molecule has 116 valence electrons. The summed E-state index contributed by atoms with van der Waals surface area (Å²) in [6.07, 6.45) is 11.5. The highest BCUT2D eigenvalue weighted by Gasteiger charge is 2.36. The third-order valence-corrected chi connectivity index (χ3v) is 5.27. The van der Waals surface area contributed by atoms with E-state index < -0.39 is 0 Å². The zero-order valence-electron chi connectivity index (χ0n) is 13.0. The van der Waals surface area contributed by atoms with Crippen LogP contribution in [0, 0.1) is 0 Å². The van der Waals surface area contributed by atoms with Crippen molar-refractivity contribution in [3.8, 4) is 0 Å². The summed E-state index contributed by atoms with van der Waals surface area (Å²) in [4.78, 5) is 19.9. The predicted octanol–water partition coefficient (Wildman–Crippen LogP) is 3.62. The van der Waals surface area contributed by atoms with Gasteiger partial charge in [-0.25, -0.2) is 4.98 Å². The minimum Gasteiger partial charge on any atom is -0.370 e. The summed E-state index contributed by atoms with van der Waals surface area (Å²) in [6.45, 7) is 0. The summed E-state index contributed by atoms with van der Waals surface area (Å²) in [5.41, 5.74) is 0.569. The Bertz CT molecular complexity index is 524. The largest absolute Gasteiger partial charge is 0.370 e. The summed E-state index contributed by atoms with van der Waals surface area (Å²) < 4.78 is 5.88. The molecule has 2 aliphatic carbocycles. The maximum absolute atomic E-state index is 12.1. The number of hydrogen-bond donors (Lipinski definition) is 1. The van der Waals surface area contributed by atoms with E-state index in [0.29, 0.717) is 5.92 Å². The fourth-order valence-corrected chi connectivity index (χ4v) is 3.96. The summed E-state index contributed by atoms with van der Waals surface area (Å²) in [6, 6.07) is 1.69. The Kier molecular flexibility index (Phi) is 4.43. The van der Waals surface area contributed by atoms with Crippen molar-refractivity contribution in [3.63, 3.8) is 0 Å². The van der Waals surface area contributed by atoms with Gasteiger partial charge in [-0.2, -0.15) is 0 Å². The van der Waals surface area contributed by atoms with Gasteiger partial charge < -0.3 is 9.72 Å². The van der Waals surface area contributed by atoms with Gasteiger partial charge in [0.2, 0.25) is 0 Å². The van der Waals surface area contributed by atoms with E-state index >= 15 is 0 Å². The first kappa shape index (κ1) is 14.8. The van der Waals surface area contributed by atoms with Crippen LogP contribution in [0.2, 0.25) is 0 Å². The smallest absolute Gasteiger partial charge is 0.251 e. The summed E-state index contributed by atoms with van der Waals surface area (Å²) >= 11 is 0. The first-order valence-electron chi connectivity index (χ1n) is 8.40. The van der Waals surface area contributed by atoms with Crippen molar-refractivity contribution in [2.24, 2.45) is 0 Å². The molecule has 1 aromatic heterocycles. The monoisotopic (exact) mass is 290 g/mol. The van der Waals surface area contributed by atoms with E-state index in [4.69, 9.17) is 9.72 Å². The Hall–Kier alpha value is -1.16. The van der Waals surface area contributed by atoms with E-state index in [1.54, 1.807) is 13.2 Å². The van der Waals surface area contributed by atoms with Crippen molar-refractivity contribution in [3.05, 3.63) is 27.9 Å². The van der Waals surface area contributed by atoms with Crippen molar-refractivity contribution < 1.29 is 4.74 Å². The third kappa shape index (κ3) is 3.05. The van der Waals surface area contributed by atoms with Gasteiger partial charge in [0.25, 0.3) is 5.56 Å². The molecule has 0 aromatic carbocycles. The molecule has 1 aromatic rings. The summed E-state index contributed by atoms with van der Waals surface area (Å²) in [5, 5.41) is 0. The first-order valence-corrected chi connectivity index (χ1v) is 8.40. The van der Waals surface area contributed by atoms with E-state index in [0.717, 1.165) is 50.0 Å². The van der Waals surface area contributed by atoms with Crippen LogP contribution < -0.4 is 5.56 Å². The average Bonchev–Trinajstić information content (AvgIpc) is 2.92. The van der Waals surface area contributed by atoms with Crippen LogP contribution in [0.4, 0.5) is 0 Å². The van der Waals surface area contributed by atoms with E-state index in [1.165, 1.54) is 25.7 Å². The molecule has 1 heterocycles. The maximum Gasteiger partial charge on any atom is 0.251 e. The average molecular weight is 290 g/mol. The number of nitrogens with one attached hydrogen (secondary N) is 1. The summed E-state index contributed by atoms with van der Waals surface area (Å²) in [7, 11) is 1.76. The van der Waals surface area contributed by atoms with Crippen LogP contribution in [-0.4, -0.2) is 17.1 Å². The van der Waals surface area contributed by atoms with Crippen molar-refractivity contribution in [2.75, 3.05) is 7.11 Å². The molecule has 0 amide bonds. The number of H-pyrrole nitrogens is 1. The molecule has 4 nitrogen and oxygen atoms in total. The highest BCUT2D eigenvalue weighted by Crippen LogP contribution is 2.38. The van der Waals surface area contributed by atoms with Crippen molar-refractivity contribution in [2.45, 2.75) is 75.7 Å². The van der Waals surface area contributed by atoms with Crippen molar-refractivity contribution in [1.82, 2.24) is 9.97 Å². The molecule has 21 heavy (non-hydrogen) atoms. The lowest BCUT2D eigenvalue weighted by molar-refractivity contribution is -0.0355. The SMILES string of the molecule is COC1(c2nc(C3CCCC3)cc(=O)[nH]2)CCCCCC1. The molecule has 3 rings (SSSR count). The zero-order chi connectivity index (χ0) is 14.7. The predicted molar refractivity (Wildman–Crippen MR) is 82.5 cm³/mol. The van der Waals surface area contributed by atoms with Crippen LogP contribution in [0.15, 0.2) is 10.9 Å². The van der Waals surface area contributed by atoms with Gasteiger partial charge in [-0.05, 0) is 25.7 Å². The van der Waals surface area contributed by atoms with Crippen LogP contribution in [0.5, 0.6) is 0 Å². The van der Waals surface area contributed by atoms with Gasteiger partial charge >= 0.3 is 0 Å². The standard InChI is InChI=1S/C17H26N2O2/c1-21-17(10-6-2-3-7-11-17)16-18-14(12-15(20)19-16)13-8-4-5-9-13/h12-13H,2-11H2,1H3,(H,18,19,20).